The first kappa shape index (κ1) is 14.9. The highest BCUT2D eigenvalue weighted by Crippen LogP contribution is 2.34. The van der Waals surface area contributed by atoms with Crippen molar-refractivity contribution in [1.82, 2.24) is 4.72 Å². The van der Waals surface area contributed by atoms with Crippen molar-refractivity contribution < 1.29 is 18.3 Å². The van der Waals surface area contributed by atoms with Crippen molar-refractivity contribution in [3.05, 3.63) is 14.9 Å². The maximum absolute atomic E-state index is 11.8. The van der Waals surface area contributed by atoms with Gasteiger partial charge in [-0.1, -0.05) is 18.5 Å². The molecule has 1 atom stereocenters. The van der Waals surface area contributed by atoms with E-state index in [2.05, 4.69) is 20.7 Å². The average Bonchev–Trinajstić information content (AvgIpc) is 2.56. The molecule has 0 saturated carbocycles. The number of hydrogen-bond acceptors (Lipinski definition) is 4. The van der Waals surface area contributed by atoms with Crippen LogP contribution in [0.25, 0.3) is 0 Å². The van der Waals surface area contributed by atoms with E-state index < -0.39 is 22.0 Å². The minimum Gasteiger partial charge on any atom is -0.480 e. The van der Waals surface area contributed by atoms with E-state index in [1.54, 1.807) is 6.92 Å². The molecule has 2 N–H and O–H groups in total. The van der Waals surface area contributed by atoms with Gasteiger partial charge in [0, 0.05) is 0 Å². The molecule has 0 saturated heterocycles. The van der Waals surface area contributed by atoms with Crippen LogP contribution in [0.15, 0.2) is 14.1 Å². The summed E-state index contributed by atoms with van der Waals surface area (Å²) in [5, 5.41) is 9.06. The van der Waals surface area contributed by atoms with Gasteiger partial charge in [0.05, 0.1) is 8.81 Å². The first-order chi connectivity index (χ1) is 7.77. The number of aliphatic carboxylic acids is 1. The Hall–Kier alpha value is -0.150. The summed E-state index contributed by atoms with van der Waals surface area (Å²) in [5.41, 5.74) is 0. The first-order valence-electron chi connectivity index (χ1n) is 4.48. The van der Waals surface area contributed by atoms with Crippen LogP contribution >= 0.6 is 38.9 Å². The Labute approximate surface area is 116 Å². The van der Waals surface area contributed by atoms with Gasteiger partial charge < -0.3 is 5.11 Å². The molecule has 9 heteroatoms. The largest absolute Gasteiger partial charge is 0.480 e. The lowest BCUT2D eigenvalue weighted by atomic mass is 10.2. The number of carboxylic acids is 1. The molecule has 0 amide bonds. The monoisotopic (exact) mass is 361 g/mol. The summed E-state index contributed by atoms with van der Waals surface area (Å²) in [6, 6.07) is 0.132. The molecular formula is C8H9BrClNO4S2. The number of halogens is 2. The molecule has 1 rings (SSSR count). The van der Waals surface area contributed by atoms with Crippen LogP contribution in [0, 0.1) is 0 Å². The zero-order valence-corrected chi connectivity index (χ0v) is 12.6. The number of carboxylic acid groups (broad SMARTS) is 1. The van der Waals surface area contributed by atoms with Crippen LogP contribution in [0.5, 0.6) is 0 Å². The molecule has 17 heavy (non-hydrogen) atoms. The summed E-state index contributed by atoms with van der Waals surface area (Å²) in [6.07, 6.45) is 0.162. The molecule has 1 aromatic heterocycles. The summed E-state index contributed by atoms with van der Waals surface area (Å²) >= 11 is 9.75. The third-order valence-corrected chi connectivity index (χ3v) is 6.31. The molecule has 0 radical (unpaired) electrons. The summed E-state index contributed by atoms with van der Waals surface area (Å²) in [4.78, 5) is 10.8. The van der Waals surface area contributed by atoms with Gasteiger partial charge in [0.1, 0.15) is 10.3 Å². The zero-order chi connectivity index (χ0) is 13.2. The van der Waals surface area contributed by atoms with Crippen molar-refractivity contribution in [2.75, 3.05) is 0 Å². The number of carbonyl (C=O) groups is 1. The van der Waals surface area contributed by atoms with Crippen molar-refractivity contribution in [2.24, 2.45) is 0 Å². The van der Waals surface area contributed by atoms with Gasteiger partial charge in [-0.05, 0) is 28.4 Å². The lowest BCUT2D eigenvalue weighted by Gasteiger charge is -2.11. The zero-order valence-electron chi connectivity index (χ0n) is 8.61. The van der Waals surface area contributed by atoms with Crippen molar-refractivity contribution >= 4 is 54.9 Å². The van der Waals surface area contributed by atoms with Gasteiger partial charge in [0.2, 0.25) is 0 Å². The Kier molecular flexibility index (Phi) is 4.96. The van der Waals surface area contributed by atoms with E-state index >= 15 is 0 Å². The molecule has 0 aliphatic heterocycles. The topological polar surface area (TPSA) is 83.5 Å². The molecule has 0 bridgehead atoms. The minimum absolute atomic E-state index is 0.0194. The second kappa shape index (κ2) is 5.66. The normalized spacial score (nSPS) is 13.6. The minimum atomic E-state index is -3.85. The first-order valence-corrected chi connectivity index (χ1v) is 7.95. The number of rotatable bonds is 5. The summed E-state index contributed by atoms with van der Waals surface area (Å²) < 4.78 is 26.2. The van der Waals surface area contributed by atoms with Gasteiger partial charge in [0.25, 0.3) is 10.0 Å². The van der Waals surface area contributed by atoms with Gasteiger partial charge in [-0.2, -0.15) is 4.72 Å². The third-order valence-electron chi connectivity index (χ3n) is 1.89. The lowest BCUT2D eigenvalue weighted by Crippen LogP contribution is -2.39. The van der Waals surface area contributed by atoms with Gasteiger partial charge >= 0.3 is 5.97 Å². The Bertz CT molecular complexity index is 508. The third kappa shape index (κ3) is 3.65. The molecule has 1 unspecified atom stereocenters. The van der Waals surface area contributed by atoms with Crippen molar-refractivity contribution in [3.63, 3.8) is 0 Å². The van der Waals surface area contributed by atoms with E-state index in [1.165, 1.54) is 6.07 Å². The molecule has 0 aromatic carbocycles. The van der Waals surface area contributed by atoms with Crippen LogP contribution in [0.3, 0.4) is 0 Å². The number of thiophene rings is 1. The summed E-state index contributed by atoms with van der Waals surface area (Å²) in [6.45, 7) is 1.58. The predicted octanol–water partition coefficient (Wildman–Crippen LogP) is 2.31. The van der Waals surface area contributed by atoms with Gasteiger partial charge in [-0.25, -0.2) is 8.42 Å². The fraction of sp³-hybridized carbons (Fsp3) is 0.375. The highest BCUT2D eigenvalue weighted by atomic mass is 79.9. The van der Waals surface area contributed by atoms with Crippen LogP contribution in [-0.2, 0) is 14.8 Å². The molecule has 0 fully saturated rings. The Morgan fingerprint density at radius 1 is 1.71 bits per heavy atom. The van der Waals surface area contributed by atoms with Crippen LogP contribution < -0.4 is 4.72 Å². The maximum Gasteiger partial charge on any atom is 0.321 e. The fourth-order valence-electron chi connectivity index (χ4n) is 1.01. The summed E-state index contributed by atoms with van der Waals surface area (Å²) in [5.74, 6) is -1.21. The maximum atomic E-state index is 11.8. The molecule has 1 heterocycles. The highest BCUT2D eigenvalue weighted by molar-refractivity contribution is 9.11. The molecule has 5 nitrogen and oxygen atoms in total. The fourth-order valence-corrected chi connectivity index (χ4v) is 4.70. The molecule has 0 spiro atoms. The van der Waals surface area contributed by atoms with E-state index in [-0.39, 0.29) is 15.7 Å². The van der Waals surface area contributed by atoms with E-state index in [9.17, 15) is 13.2 Å². The summed E-state index contributed by atoms with van der Waals surface area (Å²) in [7, 11) is -3.85. The Balaban J connectivity index is 3.00. The van der Waals surface area contributed by atoms with E-state index in [0.717, 1.165) is 11.3 Å². The van der Waals surface area contributed by atoms with E-state index in [4.69, 9.17) is 16.7 Å². The van der Waals surface area contributed by atoms with Crippen molar-refractivity contribution in [1.29, 1.82) is 0 Å². The average molecular weight is 363 g/mol. The van der Waals surface area contributed by atoms with Gasteiger partial charge in [-0.3, -0.25) is 4.79 Å². The predicted molar refractivity (Wildman–Crippen MR) is 69.1 cm³/mol. The molecular weight excluding hydrogens is 354 g/mol. The van der Waals surface area contributed by atoms with Gasteiger partial charge in [-0.15, -0.1) is 11.3 Å². The molecule has 1 aromatic rings. The smallest absolute Gasteiger partial charge is 0.321 e. The number of hydrogen-bond donors (Lipinski definition) is 2. The van der Waals surface area contributed by atoms with Crippen LogP contribution in [0.1, 0.15) is 13.3 Å². The quantitative estimate of drug-likeness (QED) is 0.842. The molecule has 96 valence electrons. The van der Waals surface area contributed by atoms with Crippen LogP contribution in [-0.4, -0.2) is 25.5 Å². The van der Waals surface area contributed by atoms with Gasteiger partial charge in [0.15, 0.2) is 0 Å². The number of nitrogens with one attached hydrogen (secondary N) is 1. The highest BCUT2D eigenvalue weighted by Gasteiger charge is 2.25. The second-order valence-electron chi connectivity index (χ2n) is 3.11. The van der Waals surface area contributed by atoms with Crippen LogP contribution in [0.2, 0.25) is 5.02 Å². The van der Waals surface area contributed by atoms with Crippen molar-refractivity contribution in [3.8, 4) is 0 Å². The van der Waals surface area contributed by atoms with Crippen molar-refractivity contribution in [2.45, 2.75) is 23.6 Å². The molecule has 0 aliphatic rings. The van der Waals surface area contributed by atoms with E-state index in [1.807, 2.05) is 0 Å². The Morgan fingerprint density at radius 3 is 2.65 bits per heavy atom. The molecule has 0 aliphatic carbocycles. The standard InChI is InChI=1S/C8H9BrClNO4S2/c1-2-5(8(12)13)11-17(14,15)6-3-4(10)7(9)16-6/h3,5,11H,2H2,1H3,(H,12,13). The SMILES string of the molecule is CCC(NS(=O)(=O)c1cc(Cl)c(Br)s1)C(=O)O. The Morgan fingerprint density at radius 2 is 2.29 bits per heavy atom. The second-order valence-corrected chi connectivity index (χ2v) is 7.83. The van der Waals surface area contributed by atoms with E-state index in [0.29, 0.717) is 3.79 Å². The lowest BCUT2D eigenvalue weighted by molar-refractivity contribution is -0.139. The number of sulfonamides is 1. The van der Waals surface area contributed by atoms with Crippen LogP contribution in [0.4, 0.5) is 0 Å².